The van der Waals surface area contributed by atoms with Crippen molar-refractivity contribution in [3.8, 4) is 5.75 Å². The number of amides is 1. The van der Waals surface area contributed by atoms with Crippen LogP contribution in [0.25, 0.3) is 11.0 Å². The average molecular weight is 319 g/mol. The van der Waals surface area contributed by atoms with Crippen molar-refractivity contribution >= 4 is 16.9 Å². The molecule has 2 atom stereocenters. The van der Waals surface area contributed by atoms with E-state index in [1.807, 2.05) is 20.8 Å². The molecule has 1 amide bonds. The summed E-state index contributed by atoms with van der Waals surface area (Å²) in [7, 11) is 0. The number of aliphatic hydroxyl groups is 1. The molecule has 7 nitrogen and oxygen atoms in total. The van der Waals surface area contributed by atoms with Crippen LogP contribution in [-0.4, -0.2) is 33.0 Å². The molecule has 1 aliphatic rings. The van der Waals surface area contributed by atoms with Gasteiger partial charge in [0, 0.05) is 17.0 Å². The van der Waals surface area contributed by atoms with Gasteiger partial charge in [0.25, 0.3) is 0 Å². The van der Waals surface area contributed by atoms with Crippen LogP contribution in [0.15, 0.2) is 16.8 Å². The number of fused-ring (bicyclic) bond motifs is 2. The van der Waals surface area contributed by atoms with Crippen LogP contribution in [0.1, 0.15) is 46.2 Å². The van der Waals surface area contributed by atoms with Crippen molar-refractivity contribution in [3.63, 3.8) is 0 Å². The van der Waals surface area contributed by atoms with Crippen molar-refractivity contribution < 1.29 is 19.3 Å². The smallest absolute Gasteiger partial charge is 0.225 e. The molecule has 0 spiro atoms. The second-order valence-electron chi connectivity index (χ2n) is 7.49. The Morgan fingerprint density at radius 2 is 1.87 bits per heavy atom. The van der Waals surface area contributed by atoms with Gasteiger partial charge < -0.3 is 15.2 Å². The predicted octanol–water partition coefficient (Wildman–Crippen LogP) is 1.96. The summed E-state index contributed by atoms with van der Waals surface area (Å²) in [6.07, 6.45) is -0.904. The van der Waals surface area contributed by atoms with E-state index in [2.05, 4.69) is 15.6 Å². The summed E-state index contributed by atoms with van der Waals surface area (Å²) in [6.45, 7) is 9.03. The summed E-state index contributed by atoms with van der Waals surface area (Å²) in [4.78, 5) is 12.4. The van der Waals surface area contributed by atoms with E-state index in [9.17, 15) is 9.90 Å². The molecule has 124 valence electrons. The SMILES string of the molecule is CC(C)(C)C(=O)NC1c2cc3nonc3cc2OC(C)(C)C1O. The summed E-state index contributed by atoms with van der Waals surface area (Å²) in [5, 5.41) is 21.2. The van der Waals surface area contributed by atoms with Crippen LogP contribution >= 0.6 is 0 Å². The molecule has 2 heterocycles. The minimum atomic E-state index is -0.904. The highest BCUT2D eigenvalue weighted by Crippen LogP contribution is 2.41. The van der Waals surface area contributed by atoms with Gasteiger partial charge in [-0.05, 0) is 30.2 Å². The molecular weight excluding hydrogens is 298 g/mol. The molecule has 0 saturated heterocycles. The van der Waals surface area contributed by atoms with Crippen molar-refractivity contribution in [2.45, 2.75) is 52.4 Å². The topological polar surface area (TPSA) is 97.5 Å². The van der Waals surface area contributed by atoms with Crippen LogP contribution < -0.4 is 10.1 Å². The number of benzene rings is 1. The zero-order chi connectivity index (χ0) is 17.0. The van der Waals surface area contributed by atoms with Crippen LogP contribution in [0.3, 0.4) is 0 Å². The van der Waals surface area contributed by atoms with E-state index in [1.165, 1.54) is 0 Å². The highest BCUT2D eigenvalue weighted by Gasteiger charge is 2.44. The van der Waals surface area contributed by atoms with Crippen LogP contribution in [-0.2, 0) is 4.79 Å². The molecule has 0 radical (unpaired) electrons. The second-order valence-corrected chi connectivity index (χ2v) is 7.49. The number of carbonyl (C=O) groups excluding carboxylic acids is 1. The van der Waals surface area contributed by atoms with E-state index >= 15 is 0 Å². The number of carbonyl (C=O) groups is 1. The van der Waals surface area contributed by atoms with E-state index in [-0.39, 0.29) is 5.91 Å². The summed E-state index contributed by atoms with van der Waals surface area (Å²) < 4.78 is 10.6. The highest BCUT2D eigenvalue weighted by atomic mass is 16.6. The maximum Gasteiger partial charge on any atom is 0.225 e. The third-order valence-electron chi connectivity index (χ3n) is 4.09. The maximum atomic E-state index is 12.4. The fraction of sp³-hybridized carbons (Fsp3) is 0.562. The monoisotopic (exact) mass is 319 g/mol. The number of nitrogens with zero attached hydrogens (tertiary/aromatic N) is 2. The number of aromatic nitrogens is 2. The molecule has 1 aromatic heterocycles. The first-order chi connectivity index (χ1) is 10.6. The molecule has 2 unspecified atom stereocenters. The van der Waals surface area contributed by atoms with E-state index in [0.717, 1.165) is 0 Å². The Morgan fingerprint density at radius 1 is 1.26 bits per heavy atom. The van der Waals surface area contributed by atoms with E-state index in [1.54, 1.807) is 26.0 Å². The lowest BCUT2D eigenvalue weighted by Gasteiger charge is -2.42. The summed E-state index contributed by atoms with van der Waals surface area (Å²) in [5.74, 6) is 0.409. The molecule has 2 N–H and O–H groups in total. The molecule has 0 fully saturated rings. The first kappa shape index (κ1) is 15.7. The standard InChI is InChI=1S/C16H21N3O4/c1-15(2,3)14(21)17-12-8-6-9-10(19-23-18-9)7-11(8)22-16(4,5)13(12)20/h6-7,12-13,20H,1-5H3,(H,17,21). The van der Waals surface area contributed by atoms with E-state index in [0.29, 0.717) is 22.3 Å². The number of ether oxygens (including phenoxy) is 1. The van der Waals surface area contributed by atoms with Gasteiger partial charge in [-0.1, -0.05) is 20.8 Å². The Balaban J connectivity index is 2.08. The normalized spacial score (nSPS) is 23.2. The lowest BCUT2D eigenvalue weighted by atomic mass is 9.85. The van der Waals surface area contributed by atoms with Crippen molar-refractivity contribution in [2.75, 3.05) is 0 Å². The number of hydrogen-bond acceptors (Lipinski definition) is 6. The third kappa shape index (κ3) is 2.65. The number of nitrogens with one attached hydrogen (secondary N) is 1. The first-order valence-electron chi connectivity index (χ1n) is 7.54. The quantitative estimate of drug-likeness (QED) is 0.834. The van der Waals surface area contributed by atoms with Crippen LogP contribution in [0, 0.1) is 5.41 Å². The molecule has 7 heteroatoms. The summed E-state index contributed by atoms with van der Waals surface area (Å²) >= 11 is 0. The Labute approximate surface area is 134 Å². The minimum Gasteiger partial charge on any atom is -0.485 e. The average Bonchev–Trinajstić information content (AvgIpc) is 2.87. The lowest BCUT2D eigenvalue weighted by molar-refractivity contribution is -0.133. The van der Waals surface area contributed by atoms with Gasteiger partial charge in [0.05, 0.1) is 6.04 Å². The Hall–Kier alpha value is -2.15. The molecule has 1 aliphatic heterocycles. The minimum absolute atomic E-state index is 0.149. The Morgan fingerprint density at radius 3 is 2.48 bits per heavy atom. The number of rotatable bonds is 1. The largest absolute Gasteiger partial charge is 0.485 e. The van der Waals surface area contributed by atoms with Gasteiger partial charge in [-0.15, -0.1) is 0 Å². The van der Waals surface area contributed by atoms with Crippen LogP contribution in [0.5, 0.6) is 5.75 Å². The zero-order valence-electron chi connectivity index (χ0n) is 13.9. The molecule has 1 aromatic carbocycles. The van der Waals surface area contributed by atoms with Gasteiger partial charge in [-0.2, -0.15) is 0 Å². The maximum absolute atomic E-state index is 12.4. The van der Waals surface area contributed by atoms with Gasteiger partial charge in [-0.25, -0.2) is 4.63 Å². The zero-order valence-corrected chi connectivity index (χ0v) is 13.9. The van der Waals surface area contributed by atoms with Gasteiger partial charge in [0.15, 0.2) is 0 Å². The van der Waals surface area contributed by atoms with Crippen molar-refractivity contribution in [1.82, 2.24) is 15.6 Å². The molecule has 2 aromatic rings. The molecule has 0 saturated carbocycles. The number of hydrogen-bond donors (Lipinski definition) is 2. The van der Waals surface area contributed by atoms with E-state index in [4.69, 9.17) is 9.37 Å². The van der Waals surface area contributed by atoms with Gasteiger partial charge in [-0.3, -0.25) is 4.79 Å². The second kappa shape index (κ2) is 4.92. The van der Waals surface area contributed by atoms with Gasteiger partial charge >= 0.3 is 0 Å². The number of aliphatic hydroxyl groups excluding tert-OH is 1. The lowest BCUT2D eigenvalue weighted by Crippen LogP contribution is -2.54. The van der Waals surface area contributed by atoms with Crippen molar-refractivity contribution in [3.05, 3.63) is 17.7 Å². The molecule has 0 bridgehead atoms. The predicted molar refractivity (Wildman–Crippen MR) is 82.9 cm³/mol. The summed E-state index contributed by atoms with van der Waals surface area (Å²) in [5.41, 5.74) is 0.360. The van der Waals surface area contributed by atoms with Crippen LogP contribution in [0.2, 0.25) is 0 Å². The van der Waals surface area contributed by atoms with Gasteiger partial charge in [0.2, 0.25) is 5.91 Å². The van der Waals surface area contributed by atoms with Crippen molar-refractivity contribution in [2.24, 2.45) is 5.41 Å². The fourth-order valence-corrected chi connectivity index (χ4v) is 2.59. The first-order valence-corrected chi connectivity index (χ1v) is 7.54. The third-order valence-corrected chi connectivity index (χ3v) is 4.09. The highest BCUT2D eigenvalue weighted by molar-refractivity contribution is 5.83. The van der Waals surface area contributed by atoms with Crippen molar-refractivity contribution in [1.29, 1.82) is 0 Å². The fourth-order valence-electron chi connectivity index (χ4n) is 2.59. The molecule has 3 rings (SSSR count). The Bertz CT molecular complexity index is 760. The van der Waals surface area contributed by atoms with Crippen LogP contribution in [0.4, 0.5) is 0 Å². The Kier molecular flexibility index (Phi) is 3.37. The molecule has 0 aliphatic carbocycles. The van der Waals surface area contributed by atoms with E-state index < -0.39 is 23.2 Å². The summed E-state index contributed by atoms with van der Waals surface area (Å²) in [6, 6.07) is 2.85. The van der Waals surface area contributed by atoms with Gasteiger partial charge in [0.1, 0.15) is 28.5 Å². The molecular formula is C16H21N3O4. The molecule has 23 heavy (non-hydrogen) atoms.